The fraction of sp³-hybridized carbons (Fsp3) is 0.0667. The summed E-state index contributed by atoms with van der Waals surface area (Å²) in [5, 5.41) is 7.39. The molecule has 1 N–H and O–H groups in total. The Bertz CT molecular complexity index is 673. The maximum atomic E-state index is 4.46. The first-order chi connectivity index (χ1) is 9.36. The van der Waals surface area contributed by atoms with E-state index in [-0.39, 0.29) is 0 Å². The van der Waals surface area contributed by atoms with E-state index in [2.05, 4.69) is 27.5 Å². The normalized spacial score (nSPS) is 10.4. The zero-order valence-electron chi connectivity index (χ0n) is 10.6. The third-order valence-electron chi connectivity index (χ3n) is 2.91. The van der Waals surface area contributed by atoms with Crippen molar-refractivity contribution in [2.24, 2.45) is 0 Å². The van der Waals surface area contributed by atoms with Crippen LogP contribution in [0.1, 0.15) is 0 Å². The first-order valence-corrected chi connectivity index (χ1v) is 6.12. The van der Waals surface area contributed by atoms with Gasteiger partial charge in [-0.05, 0) is 17.7 Å². The van der Waals surface area contributed by atoms with E-state index in [0.717, 1.165) is 22.8 Å². The number of nitrogens with zero attached hydrogens (tertiary/aromatic N) is 3. The van der Waals surface area contributed by atoms with Crippen LogP contribution in [0.4, 0.5) is 5.82 Å². The Morgan fingerprint density at radius 1 is 0.947 bits per heavy atom. The summed E-state index contributed by atoms with van der Waals surface area (Å²) in [5.74, 6) is 1.63. The highest BCUT2D eigenvalue weighted by molar-refractivity contribution is 5.61. The largest absolute Gasteiger partial charge is 0.373 e. The summed E-state index contributed by atoms with van der Waals surface area (Å²) in [6.45, 7) is 0. The van der Waals surface area contributed by atoms with Gasteiger partial charge >= 0.3 is 0 Å². The Morgan fingerprint density at radius 2 is 1.79 bits per heavy atom. The molecule has 0 radical (unpaired) electrons. The van der Waals surface area contributed by atoms with Gasteiger partial charge in [0, 0.05) is 18.8 Å². The van der Waals surface area contributed by atoms with Crippen LogP contribution >= 0.6 is 0 Å². The number of nitrogens with one attached hydrogen (secondary N) is 1. The molecule has 0 amide bonds. The van der Waals surface area contributed by atoms with Crippen LogP contribution in [0.5, 0.6) is 0 Å². The molecule has 2 heterocycles. The highest BCUT2D eigenvalue weighted by Crippen LogP contribution is 2.19. The van der Waals surface area contributed by atoms with Crippen molar-refractivity contribution in [2.45, 2.75) is 0 Å². The van der Waals surface area contributed by atoms with Crippen LogP contribution in [0.3, 0.4) is 0 Å². The SMILES string of the molecule is CNc1cccc(-n2cc(-c3ccccc3)cn2)n1. The molecule has 2 aromatic heterocycles. The van der Waals surface area contributed by atoms with E-state index in [1.807, 2.05) is 55.8 Å². The molecule has 1 aromatic carbocycles. The lowest BCUT2D eigenvalue weighted by molar-refractivity contribution is 0.848. The van der Waals surface area contributed by atoms with Crippen molar-refractivity contribution in [3.8, 4) is 16.9 Å². The summed E-state index contributed by atoms with van der Waals surface area (Å²) in [4.78, 5) is 4.46. The van der Waals surface area contributed by atoms with E-state index >= 15 is 0 Å². The third-order valence-corrected chi connectivity index (χ3v) is 2.91. The Hall–Kier alpha value is -2.62. The van der Waals surface area contributed by atoms with Crippen molar-refractivity contribution in [2.75, 3.05) is 12.4 Å². The zero-order valence-corrected chi connectivity index (χ0v) is 10.6. The van der Waals surface area contributed by atoms with Crippen molar-refractivity contribution >= 4 is 5.82 Å². The summed E-state index contributed by atoms with van der Waals surface area (Å²) >= 11 is 0. The van der Waals surface area contributed by atoms with E-state index in [4.69, 9.17) is 0 Å². The molecule has 0 fully saturated rings. The van der Waals surface area contributed by atoms with Crippen LogP contribution in [-0.2, 0) is 0 Å². The number of hydrogen-bond acceptors (Lipinski definition) is 3. The molecule has 0 atom stereocenters. The lowest BCUT2D eigenvalue weighted by atomic mass is 10.1. The van der Waals surface area contributed by atoms with Crippen molar-refractivity contribution < 1.29 is 0 Å². The van der Waals surface area contributed by atoms with Gasteiger partial charge < -0.3 is 5.32 Å². The van der Waals surface area contributed by atoms with Crippen molar-refractivity contribution in [3.63, 3.8) is 0 Å². The van der Waals surface area contributed by atoms with Gasteiger partial charge in [0.25, 0.3) is 0 Å². The van der Waals surface area contributed by atoms with Crippen LogP contribution < -0.4 is 5.32 Å². The van der Waals surface area contributed by atoms with E-state index in [1.54, 1.807) is 4.68 Å². The lowest BCUT2D eigenvalue weighted by Gasteiger charge is -2.03. The molecule has 0 aliphatic heterocycles. The van der Waals surface area contributed by atoms with Crippen LogP contribution in [-0.4, -0.2) is 21.8 Å². The lowest BCUT2D eigenvalue weighted by Crippen LogP contribution is -2.00. The van der Waals surface area contributed by atoms with Gasteiger partial charge in [-0.15, -0.1) is 0 Å². The number of anilines is 1. The summed E-state index contributed by atoms with van der Waals surface area (Å²) in [7, 11) is 1.85. The van der Waals surface area contributed by atoms with Gasteiger partial charge in [0.2, 0.25) is 0 Å². The molecule has 0 aliphatic rings. The average Bonchev–Trinajstić information content (AvgIpc) is 2.98. The smallest absolute Gasteiger partial charge is 0.155 e. The monoisotopic (exact) mass is 250 g/mol. The highest BCUT2D eigenvalue weighted by atomic mass is 15.3. The summed E-state index contributed by atoms with van der Waals surface area (Å²) < 4.78 is 1.78. The van der Waals surface area contributed by atoms with Crippen LogP contribution in [0.25, 0.3) is 16.9 Å². The molecule has 94 valence electrons. The minimum absolute atomic E-state index is 0.800. The van der Waals surface area contributed by atoms with Gasteiger partial charge in [-0.2, -0.15) is 5.10 Å². The molecule has 0 bridgehead atoms. The van der Waals surface area contributed by atoms with Gasteiger partial charge in [0.05, 0.1) is 6.20 Å². The predicted molar refractivity (Wildman–Crippen MR) is 76.3 cm³/mol. The number of hydrogen-bond donors (Lipinski definition) is 1. The molecule has 0 spiro atoms. The second kappa shape index (κ2) is 4.94. The summed E-state index contributed by atoms with van der Waals surface area (Å²) in [6.07, 6.45) is 3.83. The third kappa shape index (κ3) is 2.33. The Balaban J connectivity index is 1.97. The van der Waals surface area contributed by atoms with Gasteiger partial charge in [-0.25, -0.2) is 9.67 Å². The van der Waals surface area contributed by atoms with Crippen molar-refractivity contribution in [1.82, 2.24) is 14.8 Å². The first-order valence-electron chi connectivity index (χ1n) is 6.12. The Labute approximate surface area is 111 Å². The van der Waals surface area contributed by atoms with E-state index in [9.17, 15) is 0 Å². The molecule has 3 rings (SSSR count). The minimum Gasteiger partial charge on any atom is -0.373 e. The second-order valence-corrected chi connectivity index (χ2v) is 4.17. The van der Waals surface area contributed by atoms with E-state index < -0.39 is 0 Å². The Morgan fingerprint density at radius 3 is 2.58 bits per heavy atom. The van der Waals surface area contributed by atoms with Crippen LogP contribution in [0, 0.1) is 0 Å². The fourth-order valence-electron chi connectivity index (χ4n) is 1.92. The highest BCUT2D eigenvalue weighted by Gasteiger charge is 2.04. The molecule has 0 aliphatic carbocycles. The molecule has 0 saturated carbocycles. The topological polar surface area (TPSA) is 42.7 Å². The Kier molecular flexibility index (Phi) is 2.98. The maximum absolute atomic E-state index is 4.46. The predicted octanol–water partition coefficient (Wildman–Crippen LogP) is 2.98. The minimum atomic E-state index is 0.800. The van der Waals surface area contributed by atoms with Crippen molar-refractivity contribution in [3.05, 3.63) is 60.9 Å². The van der Waals surface area contributed by atoms with Gasteiger partial charge in [0.1, 0.15) is 5.82 Å². The van der Waals surface area contributed by atoms with Crippen LogP contribution in [0.15, 0.2) is 60.9 Å². The number of aromatic nitrogens is 3. The molecule has 19 heavy (non-hydrogen) atoms. The van der Waals surface area contributed by atoms with Crippen LogP contribution in [0.2, 0.25) is 0 Å². The number of pyridine rings is 1. The molecule has 4 heteroatoms. The summed E-state index contributed by atoms with van der Waals surface area (Å²) in [6, 6.07) is 16.0. The second-order valence-electron chi connectivity index (χ2n) is 4.17. The quantitative estimate of drug-likeness (QED) is 0.777. The summed E-state index contributed by atoms with van der Waals surface area (Å²) in [5.41, 5.74) is 2.23. The molecular weight excluding hydrogens is 236 g/mol. The molecular formula is C15H14N4. The molecule has 0 unspecified atom stereocenters. The molecule has 3 aromatic rings. The number of rotatable bonds is 3. The number of benzene rings is 1. The standard InChI is InChI=1S/C15H14N4/c1-16-14-8-5-9-15(18-14)19-11-13(10-17-19)12-6-3-2-4-7-12/h2-11H,1H3,(H,16,18). The van der Waals surface area contributed by atoms with E-state index in [0.29, 0.717) is 0 Å². The maximum Gasteiger partial charge on any atom is 0.155 e. The van der Waals surface area contributed by atoms with E-state index in [1.165, 1.54) is 0 Å². The molecule has 4 nitrogen and oxygen atoms in total. The first kappa shape index (κ1) is 11.5. The molecule has 0 saturated heterocycles. The average molecular weight is 250 g/mol. The van der Waals surface area contributed by atoms with Crippen molar-refractivity contribution in [1.29, 1.82) is 0 Å². The van der Waals surface area contributed by atoms with Gasteiger partial charge in [-0.3, -0.25) is 0 Å². The van der Waals surface area contributed by atoms with Gasteiger partial charge in [0.15, 0.2) is 5.82 Å². The zero-order chi connectivity index (χ0) is 13.1. The fourth-order valence-corrected chi connectivity index (χ4v) is 1.92. The van der Waals surface area contributed by atoms with Gasteiger partial charge in [-0.1, -0.05) is 36.4 Å².